The molecule has 1 aliphatic rings. The summed E-state index contributed by atoms with van der Waals surface area (Å²) >= 11 is 0. The first kappa shape index (κ1) is 12.8. The highest BCUT2D eigenvalue weighted by molar-refractivity contribution is 5.92. The third-order valence-electron chi connectivity index (χ3n) is 3.14. The molecule has 0 aromatic heterocycles. The molecule has 96 valence electrons. The maximum absolute atomic E-state index is 12.9. The SMILES string of the molecule is O=C(C=Cc1cccc(F)c1)N1CCC[C@H]1CO. The molecule has 1 N–H and O–H groups in total. The number of carbonyl (C=O) groups is 1. The predicted octanol–water partition coefficient (Wildman–Crippen LogP) is 1.82. The Labute approximate surface area is 106 Å². The number of carbonyl (C=O) groups excluding carboxylic acids is 1. The Bertz CT molecular complexity index is 459. The maximum atomic E-state index is 12.9. The van der Waals surface area contributed by atoms with Crippen LogP contribution in [0.1, 0.15) is 18.4 Å². The summed E-state index contributed by atoms with van der Waals surface area (Å²) in [6.07, 6.45) is 4.79. The Morgan fingerprint density at radius 2 is 2.39 bits per heavy atom. The molecule has 0 aliphatic carbocycles. The normalized spacial score (nSPS) is 19.7. The van der Waals surface area contributed by atoms with Crippen molar-refractivity contribution < 1.29 is 14.3 Å². The molecule has 0 bridgehead atoms. The summed E-state index contributed by atoms with van der Waals surface area (Å²) in [5.41, 5.74) is 0.656. The first-order chi connectivity index (χ1) is 8.70. The van der Waals surface area contributed by atoms with Crippen molar-refractivity contribution in [2.24, 2.45) is 0 Å². The second-order valence-electron chi connectivity index (χ2n) is 4.40. The summed E-state index contributed by atoms with van der Waals surface area (Å²) in [6.45, 7) is 0.678. The third kappa shape index (κ3) is 2.96. The monoisotopic (exact) mass is 249 g/mol. The maximum Gasteiger partial charge on any atom is 0.246 e. The van der Waals surface area contributed by atoms with Crippen molar-refractivity contribution in [3.63, 3.8) is 0 Å². The molecule has 0 radical (unpaired) electrons. The Morgan fingerprint density at radius 3 is 3.11 bits per heavy atom. The van der Waals surface area contributed by atoms with Gasteiger partial charge in [0.2, 0.25) is 5.91 Å². The van der Waals surface area contributed by atoms with Crippen molar-refractivity contribution in [3.05, 3.63) is 41.7 Å². The van der Waals surface area contributed by atoms with E-state index in [0.29, 0.717) is 12.1 Å². The standard InChI is InChI=1S/C14H16FNO2/c15-12-4-1-3-11(9-12)6-7-14(18)16-8-2-5-13(16)10-17/h1,3-4,6-7,9,13,17H,2,5,8,10H2/t13-/m0/s1. The van der Waals surface area contributed by atoms with E-state index < -0.39 is 0 Å². The summed E-state index contributed by atoms with van der Waals surface area (Å²) in [5.74, 6) is -0.449. The number of hydrogen-bond acceptors (Lipinski definition) is 2. The molecular weight excluding hydrogens is 233 g/mol. The first-order valence-corrected chi connectivity index (χ1v) is 6.06. The second-order valence-corrected chi connectivity index (χ2v) is 4.40. The zero-order valence-corrected chi connectivity index (χ0v) is 10.1. The molecule has 1 aliphatic heterocycles. The lowest BCUT2D eigenvalue weighted by Crippen LogP contribution is -2.36. The van der Waals surface area contributed by atoms with Gasteiger partial charge in [-0.2, -0.15) is 0 Å². The van der Waals surface area contributed by atoms with Crippen LogP contribution in [0, 0.1) is 5.82 Å². The van der Waals surface area contributed by atoms with Gasteiger partial charge in [-0.1, -0.05) is 12.1 Å². The van der Waals surface area contributed by atoms with Crippen LogP contribution in [0.2, 0.25) is 0 Å². The van der Waals surface area contributed by atoms with E-state index in [1.54, 1.807) is 23.1 Å². The average Bonchev–Trinajstić information content (AvgIpc) is 2.84. The van der Waals surface area contributed by atoms with Gasteiger partial charge in [-0.3, -0.25) is 4.79 Å². The van der Waals surface area contributed by atoms with Crippen LogP contribution >= 0.6 is 0 Å². The molecule has 0 unspecified atom stereocenters. The minimum Gasteiger partial charge on any atom is -0.394 e. The van der Waals surface area contributed by atoms with E-state index in [4.69, 9.17) is 5.11 Å². The fourth-order valence-electron chi connectivity index (χ4n) is 2.19. The van der Waals surface area contributed by atoms with Gasteiger partial charge in [0.1, 0.15) is 5.82 Å². The van der Waals surface area contributed by atoms with Crippen molar-refractivity contribution in [1.82, 2.24) is 4.90 Å². The number of halogens is 1. The largest absolute Gasteiger partial charge is 0.394 e. The fraction of sp³-hybridized carbons (Fsp3) is 0.357. The van der Waals surface area contributed by atoms with Crippen molar-refractivity contribution in [2.45, 2.75) is 18.9 Å². The predicted molar refractivity (Wildman–Crippen MR) is 67.3 cm³/mol. The van der Waals surface area contributed by atoms with Gasteiger partial charge < -0.3 is 10.0 Å². The van der Waals surface area contributed by atoms with Crippen molar-refractivity contribution in [3.8, 4) is 0 Å². The number of rotatable bonds is 3. The van der Waals surface area contributed by atoms with Crippen LogP contribution in [0.3, 0.4) is 0 Å². The number of hydrogen-bond donors (Lipinski definition) is 1. The molecule has 0 spiro atoms. The van der Waals surface area contributed by atoms with Crippen molar-refractivity contribution in [2.75, 3.05) is 13.2 Å². The van der Waals surface area contributed by atoms with Gasteiger partial charge in [0.05, 0.1) is 12.6 Å². The Hall–Kier alpha value is -1.68. The number of likely N-dealkylation sites (tertiary alicyclic amines) is 1. The lowest BCUT2D eigenvalue weighted by Gasteiger charge is -2.21. The topological polar surface area (TPSA) is 40.5 Å². The van der Waals surface area contributed by atoms with Gasteiger partial charge in [0.25, 0.3) is 0 Å². The van der Waals surface area contributed by atoms with Gasteiger partial charge in [0, 0.05) is 12.6 Å². The molecule has 18 heavy (non-hydrogen) atoms. The van der Waals surface area contributed by atoms with E-state index in [9.17, 15) is 9.18 Å². The van der Waals surface area contributed by atoms with E-state index in [-0.39, 0.29) is 24.4 Å². The van der Waals surface area contributed by atoms with E-state index in [1.807, 2.05) is 0 Å². The molecule has 1 fully saturated rings. The number of amides is 1. The Morgan fingerprint density at radius 1 is 1.56 bits per heavy atom. The molecular formula is C14H16FNO2. The number of benzene rings is 1. The quantitative estimate of drug-likeness (QED) is 0.830. The zero-order valence-electron chi connectivity index (χ0n) is 10.1. The van der Waals surface area contributed by atoms with E-state index in [2.05, 4.69) is 0 Å². The number of nitrogens with zero attached hydrogens (tertiary/aromatic N) is 1. The average molecular weight is 249 g/mol. The number of aliphatic hydroxyl groups is 1. The van der Waals surface area contributed by atoms with Gasteiger partial charge in [-0.25, -0.2) is 4.39 Å². The fourth-order valence-corrected chi connectivity index (χ4v) is 2.19. The van der Waals surface area contributed by atoms with E-state index in [0.717, 1.165) is 12.8 Å². The Balaban J connectivity index is 2.02. The van der Waals surface area contributed by atoms with Crippen LogP contribution in [0.5, 0.6) is 0 Å². The van der Waals surface area contributed by atoms with Crippen LogP contribution in [-0.2, 0) is 4.79 Å². The lowest BCUT2D eigenvalue weighted by molar-refractivity contribution is -0.127. The second kappa shape index (κ2) is 5.78. The molecule has 1 heterocycles. The van der Waals surface area contributed by atoms with Crippen LogP contribution < -0.4 is 0 Å². The lowest BCUT2D eigenvalue weighted by atomic mass is 10.2. The van der Waals surface area contributed by atoms with Gasteiger partial charge in [0.15, 0.2) is 0 Å². The van der Waals surface area contributed by atoms with Crippen molar-refractivity contribution in [1.29, 1.82) is 0 Å². The van der Waals surface area contributed by atoms with Crippen molar-refractivity contribution >= 4 is 12.0 Å². The smallest absolute Gasteiger partial charge is 0.246 e. The Kier molecular flexibility index (Phi) is 4.10. The van der Waals surface area contributed by atoms with Gasteiger partial charge >= 0.3 is 0 Å². The van der Waals surface area contributed by atoms with E-state index >= 15 is 0 Å². The molecule has 3 nitrogen and oxygen atoms in total. The molecule has 1 atom stereocenters. The molecule has 1 aromatic carbocycles. The van der Waals surface area contributed by atoms with Crippen LogP contribution in [0.4, 0.5) is 4.39 Å². The zero-order chi connectivity index (χ0) is 13.0. The van der Waals surface area contributed by atoms with Crippen LogP contribution in [0.25, 0.3) is 6.08 Å². The molecule has 2 rings (SSSR count). The molecule has 0 saturated carbocycles. The van der Waals surface area contributed by atoms with Gasteiger partial charge in [-0.15, -0.1) is 0 Å². The third-order valence-corrected chi connectivity index (χ3v) is 3.14. The number of aliphatic hydroxyl groups excluding tert-OH is 1. The van der Waals surface area contributed by atoms with Crippen LogP contribution in [0.15, 0.2) is 30.3 Å². The highest BCUT2D eigenvalue weighted by Gasteiger charge is 2.26. The summed E-state index contributed by atoms with van der Waals surface area (Å²) in [4.78, 5) is 13.6. The summed E-state index contributed by atoms with van der Waals surface area (Å²) in [5, 5.41) is 9.14. The highest BCUT2D eigenvalue weighted by Crippen LogP contribution is 2.17. The molecule has 4 heteroatoms. The molecule has 1 amide bonds. The van der Waals surface area contributed by atoms with Gasteiger partial charge in [-0.05, 0) is 36.6 Å². The summed E-state index contributed by atoms with van der Waals surface area (Å²) < 4.78 is 12.9. The molecule has 1 saturated heterocycles. The first-order valence-electron chi connectivity index (χ1n) is 6.06. The summed E-state index contributed by atoms with van der Waals surface area (Å²) in [6, 6.07) is 6.00. The van der Waals surface area contributed by atoms with Crippen LogP contribution in [-0.4, -0.2) is 35.1 Å². The molecule has 1 aromatic rings. The highest BCUT2D eigenvalue weighted by atomic mass is 19.1. The summed E-state index contributed by atoms with van der Waals surface area (Å²) in [7, 11) is 0. The minimum absolute atomic E-state index is 0.000451. The minimum atomic E-state index is -0.320. The van der Waals surface area contributed by atoms with E-state index in [1.165, 1.54) is 18.2 Å².